The van der Waals surface area contributed by atoms with Crippen LogP contribution >= 0.6 is 0 Å². The number of hydrogen-bond acceptors (Lipinski definition) is 3. The molecular formula is C18H19N3O2. The second kappa shape index (κ2) is 6.96. The molecule has 23 heavy (non-hydrogen) atoms. The van der Waals surface area contributed by atoms with Crippen LogP contribution in [0.5, 0.6) is 5.75 Å². The Balaban J connectivity index is 1.54. The molecule has 0 aliphatic carbocycles. The summed E-state index contributed by atoms with van der Waals surface area (Å²) in [6.07, 6.45) is 2.80. The number of rotatable bonds is 6. The van der Waals surface area contributed by atoms with Crippen LogP contribution in [-0.4, -0.2) is 22.5 Å². The zero-order chi connectivity index (χ0) is 16.1. The molecule has 3 rings (SSSR count). The number of ether oxygens (including phenoxy) is 1. The third-order valence-electron chi connectivity index (χ3n) is 3.57. The van der Waals surface area contributed by atoms with Crippen LogP contribution in [0.25, 0.3) is 11.0 Å². The van der Waals surface area contributed by atoms with Crippen molar-refractivity contribution in [1.29, 1.82) is 0 Å². The Labute approximate surface area is 134 Å². The highest BCUT2D eigenvalue weighted by molar-refractivity contribution is 5.91. The van der Waals surface area contributed by atoms with Crippen LogP contribution in [0.2, 0.25) is 0 Å². The molecule has 3 aromatic rings. The van der Waals surface area contributed by atoms with Crippen molar-refractivity contribution in [3.8, 4) is 5.75 Å². The predicted octanol–water partition coefficient (Wildman–Crippen LogP) is 3.53. The highest BCUT2D eigenvalue weighted by Crippen LogP contribution is 2.17. The first-order valence-electron chi connectivity index (χ1n) is 7.69. The van der Waals surface area contributed by atoms with Crippen LogP contribution in [0.4, 0.5) is 5.69 Å². The van der Waals surface area contributed by atoms with Gasteiger partial charge in [-0.25, -0.2) is 4.98 Å². The van der Waals surface area contributed by atoms with Crippen LogP contribution in [0.1, 0.15) is 18.9 Å². The van der Waals surface area contributed by atoms with Crippen LogP contribution in [0.3, 0.4) is 0 Å². The van der Waals surface area contributed by atoms with Gasteiger partial charge < -0.3 is 15.0 Å². The Morgan fingerprint density at radius 1 is 1.22 bits per heavy atom. The third kappa shape index (κ3) is 3.88. The summed E-state index contributed by atoms with van der Waals surface area (Å²) in [5.41, 5.74) is 3.83. The van der Waals surface area contributed by atoms with Gasteiger partial charge in [-0.2, -0.15) is 0 Å². The first-order valence-corrected chi connectivity index (χ1v) is 7.69. The molecule has 118 valence electrons. The van der Waals surface area contributed by atoms with E-state index in [1.54, 1.807) is 6.33 Å². The van der Waals surface area contributed by atoms with Gasteiger partial charge in [0.2, 0.25) is 5.91 Å². The maximum Gasteiger partial charge on any atom is 0.224 e. The molecule has 0 spiro atoms. The van der Waals surface area contributed by atoms with Gasteiger partial charge in [-0.3, -0.25) is 4.79 Å². The number of nitrogens with one attached hydrogen (secondary N) is 2. The maximum absolute atomic E-state index is 12.0. The number of anilines is 1. The Morgan fingerprint density at radius 2 is 2.04 bits per heavy atom. The summed E-state index contributed by atoms with van der Waals surface area (Å²) in [5.74, 6) is 0.803. The molecule has 1 aromatic heterocycles. The molecule has 2 N–H and O–H groups in total. The number of aromatic nitrogens is 2. The largest absolute Gasteiger partial charge is 0.494 e. The van der Waals surface area contributed by atoms with Crippen LogP contribution < -0.4 is 10.1 Å². The summed E-state index contributed by atoms with van der Waals surface area (Å²) in [6.45, 7) is 2.57. The number of imidazole rings is 1. The minimum Gasteiger partial charge on any atom is -0.494 e. The summed E-state index contributed by atoms with van der Waals surface area (Å²) >= 11 is 0. The van der Waals surface area contributed by atoms with E-state index in [2.05, 4.69) is 15.3 Å². The van der Waals surface area contributed by atoms with E-state index in [1.165, 1.54) is 0 Å². The Hall–Kier alpha value is -2.82. The number of hydrogen-bond donors (Lipinski definition) is 2. The maximum atomic E-state index is 12.0. The first kappa shape index (κ1) is 15.1. The monoisotopic (exact) mass is 309 g/mol. The number of aryl methyl sites for hydroxylation is 1. The number of carbonyl (C=O) groups is 1. The molecule has 2 aromatic carbocycles. The molecule has 0 atom stereocenters. The fourth-order valence-corrected chi connectivity index (χ4v) is 2.42. The Morgan fingerprint density at radius 3 is 2.83 bits per heavy atom. The van der Waals surface area contributed by atoms with Crippen LogP contribution in [0.15, 0.2) is 48.8 Å². The van der Waals surface area contributed by atoms with E-state index in [0.717, 1.165) is 28.0 Å². The molecule has 1 amide bonds. The minimum absolute atomic E-state index is 0.00105. The first-order chi connectivity index (χ1) is 11.2. The van der Waals surface area contributed by atoms with Crippen molar-refractivity contribution in [3.05, 3.63) is 54.4 Å². The van der Waals surface area contributed by atoms with E-state index in [9.17, 15) is 4.79 Å². The molecule has 0 unspecified atom stereocenters. The van der Waals surface area contributed by atoms with Gasteiger partial charge in [-0.05, 0) is 55.3 Å². The predicted molar refractivity (Wildman–Crippen MR) is 90.7 cm³/mol. The molecule has 1 heterocycles. The summed E-state index contributed by atoms with van der Waals surface area (Å²) in [6, 6.07) is 13.4. The number of carbonyl (C=O) groups excluding carboxylic acids is 1. The van der Waals surface area contributed by atoms with Gasteiger partial charge in [0.25, 0.3) is 0 Å². The van der Waals surface area contributed by atoms with E-state index < -0.39 is 0 Å². The summed E-state index contributed by atoms with van der Waals surface area (Å²) in [5, 5.41) is 2.90. The number of fused-ring (bicyclic) bond motifs is 1. The van der Waals surface area contributed by atoms with Gasteiger partial charge >= 0.3 is 0 Å². The lowest BCUT2D eigenvalue weighted by atomic mass is 10.1. The van der Waals surface area contributed by atoms with E-state index in [-0.39, 0.29) is 5.91 Å². The number of amides is 1. The van der Waals surface area contributed by atoms with E-state index in [1.807, 2.05) is 49.4 Å². The highest BCUT2D eigenvalue weighted by atomic mass is 16.5. The number of H-pyrrole nitrogens is 1. The van der Waals surface area contributed by atoms with E-state index >= 15 is 0 Å². The zero-order valence-corrected chi connectivity index (χ0v) is 13.0. The van der Waals surface area contributed by atoms with Gasteiger partial charge in [0.15, 0.2) is 0 Å². The van der Waals surface area contributed by atoms with E-state index in [4.69, 9.17) is 4.74 Å². The van der Waals surface area contributed by atoms with Gasteiger partial charge in [0.1, 0.15) is 5.75 Å². The van der Waals surface area contributed by atoms with Crippen molar-refractivity contribution in [2.75, 3.05) is 11.9 Å². The van der Waals surface area contributed by atoms with Crippen molar-refractivity contribution in [1.82, 2.24) is 9.97 Å². The van der Waals surface area contributed by atoms with Crippen LogP contribution in [0, 0.1) is 0 Å². The lowest BCUT2D eigenvalue weighted by Gasteiger charge is -2.07. The van der Waals surface area contributed by atoms with Gasteiger partial charge in [0, 0.05) is 12.1 Å². The molecule has 0 fully saturated rings. The zero-order valence-electron chi connectivity index (χ0n) is 13.0. The Bertz CT molecular complexity index is 793. The van der Waals surface area contributed by atoms with Crippen molar-refractivity contribution < 1.29 is 9.53 Å². The minimum atomic E-state index is -0.00105. The SMILES string of the molecule is CCOc1ccc(NC(=O)CCc2ccc3nc[nH]c3c2)cc1. The van der Waals surface area contributed by atoms with Crippen molar-refractivity contribution in [2.24, 2.45) is 0 Å². The number of nitrogens with zero attached hydrogens (tertiary/aromatic N) is 1. The lowest BCUT2D eigenvalue weighted by molar-refractivity contribution is -0.116. The third-order valence-corrected chi connectivity index (χ3v) is 3.57. The molecule has 0 saturated carbocycles. The van der Waals surface area contributed by atoms with Crippen molar-refractivity contribution >= 4 is 22.6 Å². The average Bonchev–Trinajstić information content (AvgIpc) is 3.03. The molecule has 5 heteroatoms. The lowest BCUT2D eigenvalue weighted by Crippen LogP contribution is -2.12. The molecule has 0 bridgehead atoms. The van der Waals surface area contributed by atoms with Crippen molar-refractivity contribution in [2.45, 2.75) is 19.8 Å². The molecular weight excluding hydrogens is 290 g/mol. The fourth-order valence-electron chi connectivity index (χ4n) is 2.42. The van der Waals surface area contributed by atoms with Gasteiger partial charge in [-0.15, -0.1) is 0 Å². The molecule has 0 aliphatic rings. The molecule has 0 radical (unpaired) electrons. The fraction of sp³-hybridized carbons (Fsp3) is 0.222. The van der Waals surface area contributed by atoms with Gasteiger partial charge in [-0.1, -0.05) is 6.07 Å². The summed E-state index contributed by atoms with van der Waals surface area (Å²) < 4.78 is 5.38. The smallest absolute Gasteiger partial charge is 0.224 e. The van der Waals surface area contributed by atoms with E-state index in [0.29, 0.717) is 19.4 Å². The normalized spacial score (nSPS) is 10.7. The second-order valence-electron chi connectivity index (χ2n) is 5.26. The second-order valence-corrected chi connectivity index (χ2v) is 5.26. The summed E-state index contributed by atoms with van der Waals surface area (Å²) in [4.78, 5) is 19.3. The highest BCUT2D eigenvalue weighted by Gasteiger charge is 2.05. The molecule has 0 saturated heterocycles. The topological polar surface area (TPSA) is 67.0 Å². The van der Waals surface area contributed by atoms with Gasteiger partial charge in [0.05, 0.1) is 24.0 Å². The number of aromatic amines is 1. The van der Waals surface area contributed by atoms with Crippen molar-refractivity contribution in [3.63, 3.8) is 0 Å². The molecule has 0 aliphatic heterocycles. The molecule has 5 nitrogen and oxygen atoms in total. The number of benzene rings is 2. The quantitative estimate of drug-likeness (QED) is 0.732. The van der Waals surface area contributed by atoms with Crippen LogP contribution in [-0.2, 0) is 11.2 Å². The standard InChI is InChI=1S/C18H19N3O2/c1-2-23-15-7-5-14(6-8-15)21-18(22)10-4-13-3-9-16-17(11-13)20-12-19-16/h3,5-9,11-12H,2,4,10H2,1H3,(H,19,20)(H,21,22). The summed E-state index contributed by atoms with van der Waals surface area (Å²) in [7, 11) is 0. The Kier molecular flexibility index (Phi) is 4.57. The average molecular weight is 309 g/mol.